The molecule has 3 aromatic rings. The van der Waals surface area contributed by atoms with Gasteiger partial charge in [0.25, 0.3) is 0 Å². The summed E-state index contributed by atoms with van der Waals surface area (Å²) >= 11 is 0. The van der Waals surface area contributed by atoms with Crippen molar-refractivity contribution in [3.8, 4) is 11.3 Å². The van der Waals surface area contributed by atoms with E-state index in [-0.39, 0.29) is 12.4 Å². The molecule has 10 nitrogen and oxygen atoms in total. The molecule has 0 unspecified atom stereocenters. The number of nitrogens with zero attached hydrogens (tertiary/aromatic N) is 4. The highest BCUT2D eigenvalue weighted by Gasteiger charge is 2.43. The zero-order valence-electron chi connectivity index (χ0n) is 16.6. The summed E-state index contributed by atoms with van der Waals surface area (Å²) in [5.74, 6) is 0.229. The number of aromatic nitrogens is 4. The number of benzene rings is 1. The van der Waals surface area contributed by atoms with E-state index in [1.807, 2.05) is 37.3 Å². The average Bonchev–Trinajstić information content (AvgIpc) is 3.26. The smallest absolute Gasteiger partial charge is 0.412 e. The molecule has 0 spiro atoms. The quantitative estimate of drug-likeness (QED) is 0.579. The van der Waals surface area contributed by atoms with E-state index in [2.05, 4.69) is 20.4 Å². The second-order valence-corrected chi connectivity index (χ2v) is 7.05. The van der Waals surface area contributed by atoms with Gasteiger partial charge in [-0.25, -0.2) is 19.4 Å². The van der Waals surface area contributed by atoms with Gasteiger partial charge in [-0.3, -0.25) is 5.32 Å². The van der Waals surface area contributed by atoms with E-state index in [1.165, 1.54) is 11.0 Å². The van der Waals surface area contributed by atoms with Crippen LogP contribution in [-0.4, -0.2) is 61.0 Å². The molecule has 1 saturated heterocycles. The largest absolute Gasteiger partial charge is 0.449 e. The van der Waals surface area contributed by atoms with Gasteiger partial charge in [0.1, 0.15) is 24.2 Å². The number of aliphatic hydroxyl groups is 2. The monoisotopic (exact) mass is 413 g/mol. The number of hydrogen-bond acceptors (Lipinski definition) is 8. The topological polar surface area (TPSA) is 132 Å². The Hall–Kier alpha value is -3.08. The van der Waals surface area contributed by atoms with E-state index in [9.17, 15) is 15.0 Å². The predicted octanol–water partition coefficient (Wildman–Crippen LogP) is 2.09. The fourth-order valence-corrected chi connectivity index (χ4v) is 3.40. The molecule has 4 rings (SSSR count). The molecule has 0 aliphatic carbocycles. The van der Waals surface area contributed by atoms with Crippen LogP contribution in [0.25, 0.3) is 22.3 Å². The molecule has 2 aromatic heterocycles. The molecule has 0 bridgehead atoms. The fourth-order valence-electron chi connectivity index (χ4n) is 3.40. The van der Waals surface area contributed by atoms with Gasteiger partial charge in [-0.05, 0) is 13.3 Å². The first-order valence-electron chi connectivity index (χ1n) is 9.75. The zero-order chi connectivity index (χ0) is 21.3. The number of nitrogens with one attached hydrogen (secondary N) is 1. The predicted molar refractivity (Wildman–Crippen MR) is 108 cm³/mol. The van der Waals surface area contributed by atoms with Crippen molar-refractivity contribution in [3.05, 3.63) is 36.7 Å². The number of ether oxygens (including phenoxy) is 2. The lowest BCUT2D eigenvalue weighted by atomic mass is 10.1. The molecule has 30 heavy (non-hydrogen) atoms. The Kier molecular flexibility index (Phi) is 5.62. The van der Waals surface area contributed by atoms with Crippen molar-refractivity contribution in [2.45, 2.75) is 44.8 Å². The second-order valence-electron chi connectivity index (χ2n) is 7.05. The van der Waals surface area contributed by atoms with Crippen LogP contribution >= 0.6 is 0 Å². The summed E-state index contributed by atoms with van der Waals surface area (Å²) < 4.78 is 12.3. The van der Waals surface area contributed by atoms with Crippen LogP contribution in [0.3, 0.4) is 0 Å². The number of aliphatic hydroxyl groups excluding tert-OH is 2. The first kappa shape index (κ1) is 20.2. The van der Waals surface area contributed by atoms with Crippen molar-refractivity contribution in [3.63, 3.8) is 0 Å². The number of carbonyl (C=O) groups excluding carboxylic acids is 1. The lowest BCUT2D eigenvalue weighted by Crippen LogP contribution is -2.30. The lowest BCUT2D eigenvalue weighted by Gasteiger charge is -2.15. The number of rotatable bonds is 5. The normalized spacial score (nSPS) is 23.6. The van der Waals surface area contributed by atoms with Crippen molar-refractivity contribution in [2.75, 3.05) is 11.9 Å². The molecule has 1 aliphatic heterocycles. The maximum atomic E-state index is 12.1. The Balaban J connectivity index is 1.85. The van der Waals surface area contributed by atoms with Crippen LogP contribution in [0.15, 0.2) is 36.7 Å². The Morgan fingerprint density at radius 1 is 1.23 bits per heavy atom. The van der Waals surface area contributed by atoms with Gasteiger partial charge in [0.15, 0.2) is 17.7 Å². The highest BCUT2D eigenvalue weighted by atomic mass is 16.6. The Morgan fingerprint density at radius 3 is 2.67 bits per heavy atom. The summed E-state index contributed by atoms with van der Waals surface area (Å²) in [5.41, 5.74) is 1.61. The minimum Gasteiger partial charge on any atom is -0.449 e. The summed E-state index contributed by atoms with van der Waals surface area (Å²) in [6.07, 6.45) is -2.42. The van der Waals surface area contributed by atoms with E-state index >= 15 is 0 Å². The van der Waals surface area contributed by atoms with E-state index in [4.69, 9.17) is 9.47 Å². The Morgan fingerprint density at radius 2 is 2.00 bits per heavy atom. The summed E-state index contributed by atoms with van der Waals surface area (Å²) in [7, 11) is 0. The molecule has 1 fully saturated rings. The molecule has 0 radical (unpaired) electrons. The van der Waals surface area contributed by atoms with Gasteiger partial charge in [0, 0.05) is 5.56 Å². The summed E-state index contributed by atoms with van der Waals surface area (Å²) in [6, 6.07) is 9.32. The molecule has 1 amide bonds. The average molecular weight is 413 g/mol. The first-order chi connectivity index (χ1) is 14.5. The molecule has 158 valence electrons. The molecule has 1 aromatic carbocycles. The highest BCUT2D eigenvalue weighted by molar-refractivity contribution is 6.03. The van der Waals surface area contributed by atoms with Crippen molar-refractivity contribution < 1.29 is 24.5 Å². The summed E-state index contributed by atoms with van der Waals surface area (Å²) in [6.45, 7) is 3.85. The van der Waals surface area contributed by atoms with Crippen LogP contribution in [-0.2, 0) is 9.47 Å². The minimum absolute atomic E-state index is 0.229. The molecular formula is C20H23N5O5. The van der Waals surface area contributed by atoms with E-state index in [1.54, 1.807) is 6.92 Å². The van der Waals surface area contributed by atoms with E-state index in [0.29, 0.717) is 23.1 Å². The van der Waals surface area contributed by atoms with Crippen molar-refractivity contribution in [1.82, 2.24) is 19.7 Å². The fraction of sp³-hybridized carbons (Fsp3) is 0.400. The maximum Gasteiger partial charge on any atom is 0.412 e. The third-order valence-corrected chi connectivity index (χ3v) is 4.91. The third-order valence-electron chi connectivity index (χ3n) is 4.91. The van der Waals surface area contributed by atoms with E-state index < -0.39 is 30.6 Å². The van der Waals surface area contributed by atoms with Crippen molar-refractivity contribution in [2.24, 2.45) is 0 Å². The van der Waals surface area contributed by atoms with Crippen LogP contribution in [0.1, 0.15) is 26.5 Å². The van der Waals surface area contributed by atoms with Crippen LogP contribution in [0.4, 0.5) is 10.6 Å². The Labute approximate surface area is 172 Å². The van der Waals surface area contributed by atoms with Crippen LogP contribution in [0, 0.1) is 0 Å². The highest BCUT2D eigenvalue weighted by Crippen LogP contribution is 2.36. The minimum atomic E-state index is -1.19. The van der Waals surface area contributed by atoms with Crippen molar-refractivity contribution in [1.29, 1.82) is 0 Å². The Bertz CT molecular complexity index is 1040. The van der Waals surface area contributed by atoms with Gasteiger partial charge in [-0.1, -0.05) is 37.3 Å². The van der Waals surface area contributed by atoms with Gasteiger partial charge >= 0.3 is 6.09 Å². The number of fused-ring (bicyclic) bond motifs is 1. The van der Waals surface area contributed by atoms with Crippen molar-refractivity contribution >= 4 is 22.9 Å². The van der Waals surface area contributed by atoms with Gasteiger partial charge in [0.2, 0.25) is 0 Å². The molecule has 0 saturated carbocycles. The van der Waals surface area contributed by atoms with Crippen LogP contribution in [0.5, 0.6) is 0 Å². The molecule has 3 heterocycles. The number of anilines is 1. The molecule has 4 atom stereocenters. The van der Waals surface area contributed by atoms with E-state index in [0.717, 1.165) is 5.56 Å². The summed E-state index contributed by atoms with van der Waals surface area (Å²) in [5, 5.41) is 28.3. The van der Waals surface area contributed by atoms with Gasteiger partial charge in [0.05, 0.1) is 18.1 Å². The van der Waals surface area contributed by atoms with Gasteiger partial charge < -0.3 is 19.7 Å². The third kappa shape index (κ3) is 3.60. The van der Waals surface area contributed by atoms with Gasteiger partial charge in [-0.15, -0.1) is 0 Å². The van der Waals surface area contributed by atoms with Crippen LogP contribution < -0.4 is 5.32 Å². The van der Waals surface area contributed by atoms with Crippen LogP contribution in [0.2, 0.25) is 0 Å². The lowest BCUT2D eigenvalue weighted by molar-refractivity contribution is -0.0370. The zero-order valence-corrected chi connectivity index (χ0v) is 16.6. The number of carbonyl (C=O) groups is 1. The standard InChI is InChI=1S/C20H23N5O5/c1-3-9-29-20(28)23-17-13-14(12-7-5-4-6-8-12)24-25(18(13)22-10-21-17)19-16(27)15(26)11(2)30-19/h4-8,10-11,15-16,19,26-27H,3,9H2,1-2H3,(H,21,22,23,28)/t11-,15-,16-,19-/m1/s1. The van der Waals surface area contributed by atoms with Gasteiger partial charge in [-0.2, -0.15) is 5.10 Å². The molecule has 1 aliphatic rings. The molecule has 3 N–H and O–H groups in total. The SMILES string of the molecule is CCCOC(=O)Nc1ncnc2c1c(-c1ccccc1)nn2[C@@H]1O[C@H](C)[C@@H](O)[C@H]1O. The number of hydrogen-bond donors (Lipinski definition) is 3. The summed E-state index contributed by atoms with van der Waals surface area (Å²) in [4.78, 5) is 20.7. The molecular weight excluding hydrogens is 390 g/mol. The molecule has 10 heteroatoms. The first-order valence-corrected chi connectivity index (χ1v) is 9.75. The maximum absolute atomic E-state index is 12.1. The number of amides is 1. The second kappa shape index (κ2) is 8.34.